The zero-order valence-electron chi connectivity index (χ0n) is 19.7. The first-order chi connectivity index (χ1) is 15.4. The van der Waals surface area contributed by atoms with Gasteiger partial charge in [-0.05, 0) is 95.4 Å². The first-order valence-electron chi connectivity index (χ1n) is 11.3. The lowest BCUT2D eigenvalue weighted by Gasteiger charge is -2.28. The summed E-state index contributed by atoms with van der Waals surface area (Å²) < 4.78 is 2.37. The van der Waals surface area contributed by atoms with E-state index in [1.807, 2.05) is 12.3 Å². The molecule has 0 saturated carbocycles. The van der Waals surface area contributed by atoms with Crippen LogP contribution in [0.1, 0.15) is 46.7 Å². The lowest BCUT2D eigenvalue weighted by molar-refractivity contribution is 0.292. The van der Waals surface area contributed by atoms with Crippen LogP contribution in [0.3, 0.4) is 0 Å². The molecule has 1 aliphatic rings. The molecule has 1 aromatic carbocycles. The molecule has 0 radical (unpaired) electrons. The molecule has 32 heavy (non-hydrogen) atoms. The van der Waals surface area contributed by atoms with Crippen molar-refractivity contribution in [2.24, 2.45) is 0 Å². The second-order valence-corrected chi connectivity index (χ2v) is 9.31. The normalized spacial score (nSPS) is 18.4. The Kier molecular flexibility index (Phi) is 6.63. The van der Waals surface area contributed by atoms with E-state index in [0.29, 0.717) is 0 Å². The number of rotatable bonds is 7. The average Bonchev–Trinajstić information content (AvgIpc) is 3.24. The summed E-state index contributed by atoms with van der Waals surface area (Å²) in [5.74, 6) is 0. The molecule has 0 unspecified atom stereocenters. The van der Waals surface area contributed by atoms with Crippen molar-refractivity contribution in [2.75, 3.05) is 27.2 Å². The van der Waals surface area contributed by atoms with E-state index < -0.39 is 0 Å². The number of benzene rings is 1. The summed E-state index contributed by atoms with van der Waals surface area (Å²) in [6, 6.07) is 17.1. The van der Waals surface area contributed by atoms with Crippen molar-refractivity contribution in [3.63, 3.8) is 0 Å². The Hall–Kier alpha value is -2.70. The van der Waals surface area contributed by atoms with Gasteiger partial charge in [-0.1, -0.05) is 24.3 Å². The van der Waals surface area contributed by atoms with Gasteiger partial charge in [0.1, 0.15) is 0 Å². The summed E-state index contributed by atoms with van der Waals surface area (Å²) >= 11 is 5.84. The lowest BCUT2D eigenvalue weighted by Crippen LogP contribution is -2.32. The van der Waals surface area contributed by atoms with E-state index in [1.165, 1.54) is 28.2 Å². The van der Waals surface area contributed by atoms with Crippen LogP contribution in [-0.4, -0.2) is 51.6 Å². The molecule has 0 amide bonds. The standard InChI is InChI=1S/C26H33N5S/c1-18-11-6-7-13-23(18)31-19(2)17-21(20(31)3)25-24(22-12-8-9-14-27-22)28-26(32)30(25)16-10-15-29(4)5/h6-9,11-14,17,24-25H,10,15-16H2,1-5H3,(H,28,32)/t24-,25-/m1/s1. The number of hydrogen-bond acceptors (Lipinski definition) is 3. The molecule has 2 atom stereocenters. The van der Waals surface area contributed by atoms with Crippen LogP contribution in [0.25, 0.3) is 5.69 Å². The minimum atomic E-state index is 0.0221. The average molecular weight is 448 g/mol. The van der Waals surface area contributed by atoms with Gasteiger partial charge in [0.15, 0.2) is 5.11 Å². The van der Waals surface area contributed by atoms with Crippen LogP contribution in [0.15, 0.2) is 54.7 Å². The third kappa shape index (κ3) is 4.30. The Labute approximate surface area is 197 Å². The molecule has 1 N–H and O–H groups in total. The summed E-state index contributed by atoms with van der Waals surface area (Å²) in [6.07, 6.45) is 2.92. The number of nitrogens with zero attached hydrogens (tertiary/aromatic N) is 4. The molecule has 3 heterocycles. The van der Waals surface area contributed by atoms with Crippen LogP contribution < -0.4 is 5.32 Å². The summed E-state index contributed by atoms with van der Waals surface area (Å²) in [7, 11) is 4.23. The molecule has 1 fully saturated rings. The topological polar surface area (TPSA) is 36.3 Å². The van der Waals surface area contributed by atoms with Gasteiger partial charge in [-0.15, -0.1) is 0 Å². The van der Waals surface area contributed by atoms with Crippen LogP contribution >= 0.6 is 12.2 Å². The van der Waals surface area contributed by atoms with Gasteiger partial charge in [0.2, 0.25) is 0 Å². The van der Waals surface area contributed by atoms with Gasteiger partial charge in [-0.3, -0.25) is 4.98 Å². The molecule has 0 aliphatic carbocycles. The molecular formula is C26H33N5S. The highest BCUT2D eigenvalue weighted by molar-refractivity contribution is 7.80. The lowest BCUT2D eigenvalue weighted by atomic mass is 9.96. The fraction of sp³-hybridized carbons (Fsp3) is 0.385. The Morgan fingerprint density at radius 1 is 1.06 bits per heavy atom. The zero-order valence-corrected chi connectivity index (χ0v) is 20.5. The van der Waals surface area contributed by atoms with Crippen LogP contribution in [0, 0.1) is 20.8 Å². The quantitative estimate of drug-likeness (QED) is 0.530. The van der Waals surface area contributed by atoms with E-state index in [0.717, 1.165) is 30.3 Å². The highest BCUT2D eigenvalue weighted by atomic mass is 32.1. The first-order valence-corrected chi connectivity index (χ1v) is 11.7. The number of aromatic nitrogens is 2. The van der Waals surface area contributed by atoms with Crippen molar-refractivity contribution in [1.82, 2.24) is 24.7 Å². The van der Waals surface area contributed by atoms with E-state index >= 15 is 0 Å². The third-order valence-electron chi connectivity index (χ3n) is 6.35. The maximum Gasteiger partial charge on any atom is 0.170 e. The minimum Gasteiger partial charge on any atom is -0.352 e. The van der Waals surface area contributed by atoms with E-state index in [1.54, 1.807) is 0 Å². The van der Waals surface area contributed by atoms with E-state index in [9.17, 15) is 0 Å². The third-order valence-corrected chi connectivity index (χ3v) is 6.70. The molecule has 168 valence electrons. The van der Waals surface area contributed by atoms with E-state index in [-0.39, 0.29) is 12.1 Å². The smallest absolute Gasteiger partial charge is 0.170 e. The molecule has 6 heteroatoms. The Balaban J connectivity index is 1.78. The van der Waals surface area contributed by atoms with Gasteiger partial charge in [0, 0.05) is 29.8 Å². The number of hydrogen-bond donors (Lipinski definition) is 1. The predicted molar refractivity (Wildman–Crippen MR) is 135 cm³/mol. The second kappa shape index (κ2) is 9.43. The number of aryl methyl sites for hydroxylation is 2. The summed E-state index contributed by atoms with van der Waals surface area (Å²) in [4.78, 5) is 9.27. The minimum absolute atomic E-state index is 0.0221. The first kappa shape index (κ1) is 22.5. The van der Waals surface area contributed by atoms with E-state index in [4.69, 9.17) is 12.2 Å². The molecule has 1 saturated heterocycles. The van der Waals surface area contributed by atoms with Crippen LogP contribution in [0.2, 0.25) is 0 Å². The van der Waals surface area contributed by atoms with Crippen LogP contribution in [0.5, 0.6) is 0 Å². The molecule has 2 aromatic heterocycles. The van der Waals surface area contributed by atoms with Gasteiger partial charge >= 0.3 is 0 Å². The van der Waals surface area contributed by atoms with Gasteiger partial charge in [-0.25, -0.2) is 0 Å². The zero-order chi connectivity index (χ0) is 22.8. The number of thiocarbonyl (C=S) groups is 1. The molecule has 3 aromatic rings. The number of pyridine rings is 1. The largest absolute Gasteiger partial charge is 0.352 e. The van der Waals surface area contributed by atoms with Crippen molar-refractivity contribution >= 4 is 17.3 Å². The van der Waals surface area contributed by atoms with Crippen molar-refractivity contribution in [3.8, 4) is 5.69 Å². The monoisotopic (exact) mass is 447 g/mol. The predicted octanol–water partition coefficient (Wildman–Crippen LogP) is 4.72. The SMILES string of the molecule is Cc1ccccc1-n1c(C)cc([C@@H]2[C@@H](c3ccccn3)NC(=S)N2CCCN(C)C)c1C. The molecule has 0 bridgehead atoms. The van der Waals surface area contributed by atoms with Crippen molar-refractivity contribution in [2.45, 2.75) is 39.3 Å². The summed E-state index contributed by atoms with van der Waals surface area (Å²) in [5, 5.41) is 4.40. The van der Waals surface area contributed by atoms with Gasteiger partial charge in [0.05, 0.1) is 17.8 Å². The Bertz CT molecular complexity index is 1090. The summed E-state index contributed by atoms with van der Waals surface area (Å²) in [5.41, 5.74) is 7.32. The fourth-order valence-corrected chi connectivity index (χ4v) is 5.15. The fourth-order valence-electron chi connectivity index (χ4n) is 4.81. The second-order valence-electron chi connectivity index (χ2n) is 8.93. The molecule has 4 rings (SSSR count). The van der Waals surface area contributed by atoms with Gasteiger partial charge in [-0.2, -0.15) is 0 Å². The van der Waals surface area contributed by atoms with Gasteiger partial charge < -0.3 is 19.7 Å². The van der Waals surface area contributed by atoms with Crippen molar-refractivity contribution in [3.05, 3.63) is 82.9 Å². The molecule has 5 nitrogen and oxygen atoms in total. The molecular weight excluding hydrogens is 414 g/mol. The van der Waals surface area contributed by atoms with Crippen LogP contribution in [0.4, 0.5) is 0 Å². The number of nitrogens with one attached hydrogen (secondary N) is 1. The summed E-state index contributed by atoms with van der Waals surface area (Å²) in [6.45, 7) is 8.53. The van der Waals surface area contributed by atoms with Crippen LogP contribution in [-0.2, 0) is 0 Å². The van der Waals surface area contributed by atoms with E-state index in [2.05, 4.69) is 102 Å². The number of para-hydroxylation sites is 1. The van der Waals surface area contributed by atoms with Gasteiger partial charge in [0.25, 0.3) is 0 Å². The Morgan fingerprint density at radius 2 is 1.81 bits per heavy atom. The maximum absolute atomic E-state index is 5.84. The molecule has 0 spiro atoms. The Morgan fingerprint density at radius 3 is 2.50 bits per heavy atom. The highest BCUT2D eigenvalue weighted by Gasteiger charge is 2.41. The van der Waals surface area contributed by atoms with Crippen molar-refractivity contribution in [1.29, 1.82) is 0 Å². The maximum atomic E-state index is 5.84. The van der Waals surface area contributed by atoms with Crippen molar-refractivity contribution < 1.29 is 0 Å². The molecule has 1 aliphatic heterocycles. The highest BCUT2D eigenvalue weighted by Crippen LogP contribution is 2.41.